The number of hydrogen-bond acceptors (Lipinski definition) is 4. The molecule has 20 heavy (non-hydrogen) atoms. The van der Waals surface area contributed by atoms with E-state index < -0.39 is 0 Å². The van der Waals surface area contributed by atoms with E-state index in [2.05, 4.69) is 64.2 Å². The molecule has 1 aromatic rings. The average Bonchev–Trinajstić information content (AvgIpc) is 2.84. The van der Waals surface area contributed by atoms with E-state index in [9.17, 15) is 0 Å². The van der Waals surface area contributed by atoms with Crippen LogP contribution in [0.1, 0.15) is 58.7 Å². The summed E-state index contributed by atoms with van der Waals surface area (Å²) in [6.45, 7) is 14.5. The van der Waals surface area contributed by atoms with Crippen LogP contribution in [0.4, 0.5) is 0 Å². The number of likely N-dealkylation sites (tertiary alicyclic amines) is 1. The van der Waals surface area contributed by atoms with Crippen molar-refractivity contribution in [1.29, 1.82) is 0 Å². The van der Waals surface area contributed by atoms with Crippen LogP contribution in [0.2, 0.25) is 0 Å². The van der Waals surface area contributed by atoms with Crippen molar-refractivity contribution in [3.8, 4) is 0 Å². The highest BCUT2D eigenvalue weighted by Gasteiger charge is 2.44. The van der Waals surface area contributed by atoms with Crippen LogP contribution in [0.3, 0.4) is 0 Å². The lowest BCUT2D eigenvalue weighted by Gasteiger charge is -2.31. The second-order valence-electron chi connectivity index (χ2n) is 7.64. The van der Waals surface area contributed by atoms with Crippen molar-refractivity contribution in [2.24, 2.45) is 0 Å². The Morgan fingerprint density at radius 1 is 1.45 bits per heavy atom. The Bertz CT molecular complexity index is 443. The molecule has 1 N–H and O–H groups in total. The summed E-state index contributed by atoms with van der Waals surface area (Å²) in [5, 5.41) is 7.30. The molecule has 3 nitrogen and oxygen atoms in total. The van der Waals surface area contributed by atoms with Gasteiger partial charge in [0.1, 0.15) is 5.01 Å². The fourth-order valence-electron chi connectivity index (χ4n) is 3.02. The van der Waals surface area contributed by atoms with Gasteiger partial charge in [0.05, 0.1) is 11.2 Å². The van der Waals surface area contributed by atoms with Crippen LogP contribution in [-0.4, -0.2) is 35.6 Å². The van der Waals surface area contributed by atoms with Crippen LogP contribution < -0.4 is 5.32 Å². The van der Waals surface area contributed by atoms with E-state index >= 15 is 0 Å². The molecule has 1 aromatic heterocycles. The quantitative estimate of drug-likeness (QED) is 0.927. The van der Waals surface area contributed by atoms with Gasteiger partial charge in [-0.3, -0.25) is 0 Å². The highest BCUT2D eigenvalue weighted by molar-refractivity contribution is 7.09. The van der Waals surface area contributed by atoms with E-state index in [0.29, 0.717) is 12.1 Å². The molecule has 1 saturated heterocycles. The third-order valence-corrected chi connectivity index (χ3v) is 5.21. The lowest BCUT2D eigenvalue weighted by atomic mass is 9.92. The van der Waals surface area contributed by atoms with Crippen molar-refractivity contribution in [2.75, 3.05) is 13.6 Å². The van der Waals surface area contributed by atoms with Crippen LogP contribution in [0.25, 0.3) is 0 Å². The first-order valence-corrected chi connectivity index (χ1v) is 8.46. The van der Waals surface area contributed by atoms with Gasteiger partial charge >= 0.3 is 0 Å². The maximum atomic E-state index is 4.99. The SMILES string of the molecule is CC(C)NC1(c2nc(C(C)(C)C)cs2)CC(C)N(C)C1. The summed E-state index contributed by atoms with van der Waals surface area (Å²) >= 11 is 1.82. The minimum absolute atomic E-state index is 0.0243. The van der Waals surface area contributed by atoms with Gasteiger partial charge in [-0.2, -0.15) is 0 Å². The molecule has 1 aliphatic heterocycles. The second-order valence-corrected chi connectivity index (χ2v) is 8.50. The molecule has 0 aliphatic carbocycles. The lowest BCUT2D eigenvalue weighted by Crippen LogP contribution is -2.47. The molecule has 0 amide bonds. The van der Waals surface area contributed by atoms with Crippen molar-refractivity contribution in [2.45, 2.75) is 71.0 Å². The van der Waals surface area contributed by atoms with E-state index in [1.54, 1.807) is 0 Å². The summed E-state index contributed by atoms with van der Waals surface area (Å²) in [6, 6.07) is 1.07. The fraction of sp³-hybridized carbons (Fsp3) is 0.812. The molecule has 2 heterocycles. The summed E-state index contributed by atoms with van der Waals surface area (Å²) in [6.07, 6.45) is 1.14. The number of likely N-dealkylation sites (N-methyl/N-ethyl adjacent to an activating group) is 1. The number of rotatable bonds is 3. The number of thiazole rings is 1. The maximum Gasteiger partial charge on any atom is 0.114 e. The lowest BCUT2D eigenvalue weighted by molar-refractivity contribution is 0.285. The highest BCUT2D eigenvalue weighted by Crippen LogP contribution is 2.38. The van der Waals surface area contributed by atoms with Gasteiger partial charge in [0.25, 0.3) is 0 Å². The first kappa shape index (κ1) is 15.9. The van der Waals surface area contributed by atoms with E-state index in [1.165, 1.54) is 10.7 Å². The Hall–Kier alpha value is -0.450. The van der Waals surface area contributed by atoms with Gasteiger partial charge in [-0.25, -0.2) is 4.98 Å². The summed E-state index contributed by atoms with van der Waals surface area (Å²) < 4.78 is 0. The minimum atomic E-state index is 0.0243. The second kappa shape index (κ2) is 5.39. The molecule has 2 unspecified atom stereocenters. The molecule has 0 radical (unpaired) electrons. The average molecular weight is 295 g/mol. The molecular formula is C16H29N3S. The third kappa shape index (κ3) is 3.07. The van der Waals surface area contributed by atoms with Gasteiger partial charge in [-0.1, -0.05) is 20.8 Å². The first-order valence-electron chi connectivity index (χ1n) is 7.58. The smallest absolute Gasteiger partial charge is 0.114 e. The Morgan fingerprint density at radius 2 is 2.10 bits per heavy atom. The van der Waals surface area contributed by atoms with Crippen molar-refractivity contribution < 1.29 is 0 Å². The zero-order valence-corrected chi connectivity index (χ0v) is 14.8. The maximum absolute atomic E-state index is 4.99. The summed E-state index contributed by atoms with van der Waals surface area (Å²) in [4.78, 5) is 7.43. The summed E-state index contributed by atoms with van der Waals surface area (Å²) in [5.41, 5.74) is 1.37. The Balaban J connectivity index is 2.35. The van der Waals surface area contributed by atoms with Gasteiger partial charge < -0.3 is 10.2 Å². The molecule has 1 fully saturated rings. The van der Waals surface area contributed by atoms with Crippen LogP contribution in [0.15, 0.2) is 5.38 Å². The van der Waals surface area contributed by atoms with Gasteiger partial charge in [0.15, 0.2) is 0 Å². The monoisotopic (exact) mass is 295 g/mol. The Labute approximate surface area is 127 Å². The van der Waals surface area contributed by atoms with Crippen LogP contribution >= 0.6 is 11.3 Å². The number of hydrogen-bond donors (Lipinski definition) is 1. The zero-order chi connectivity index (χ0) is 15.1. The largest absolute Gasteiger partial charge is 0.302 e. The Morgan fingerprint density at radius 3 is 2.50 bits per heavy atom. The first-order chi connectivity index (χ1) is 9.14. The highest BCUT2D eigenvalue weighted by atomic mass is 32.1. The molecule has 114 valence electrons. The van der Waals surface area contributed by atoms with Crippen molar-refractivity contribution in [3.63, 3.8) is 0 Å². The molecule has 0 saturated carbocycles. The third-order valence-electron chi connectivity index (χ3n) is 4.16. The van der Waals surface area contributed by atoms with Crippen LogP contribution in [0.5, 0.6) is 0 Å². The molecule has 0 bridgehead atoms. The van der Waals surface area contributed by atoms with Crippen molar-refractivity contribution >= 4 is 11.3 Å². The minimum Gasteiger partial charge on any atom is -0.302 e. The topological polar surface area (TPSA) is 28.2 Å². The normalized spacial score (nSPS) is 28.5. The van der Waals surface area contributed by atoms with Crippen molar-refractivity contribution in [1.82, 2.24) is 15.2 Å². The van der Waals surface area contributed by atoms with Gasteiger partial charge in [-0.05, 0) is 34.2 Å². The molecule has 2 rings (SSSR count). The standard InChI is InChI=1S/C16H29N3S/c1-11(2)18-16(8-12(3)19(7)10-16)14-17-13(9-20-14)15(4,5)6/h9,11-12,18H,8,10H2,1-7H3. The predicted octanol–water partition coefficient (Wildman–Crippen LogP) is 3.36. The Kier molecular flexibility index (Phi) is 4.30. The van der Waals surface area contributed by atoms with Gasteiger partial charge in [-0.15, -0.1) is 11.3 Å². The number of nitrogens with zero attached hydrogens (tertiary/aromatic N) is 2. The summed E-state index contributed by atoms with van der Waals surface area (Å²) in [7, 11) is 2.21. The molecule has 4 heteroatoms. The fourth-order valence-corrected chi connectivity index (χ4v) is 4.23. The molecule has 2 atom stereocenters. The van der Waals surface area contributed by atoms with E-state index in [0.717, 1.165) is 13.0 Å². The van der Waals surface area contributed by atoms with Crippen LogP contribution in [-0.2, 0) is 11.0 Å². The molecule has 1 aliphatic rings. The van der Waals surface area contributed by atoms with E-state index in [-0.39, 0.29) is 11.0 Å². The molecular weight excluding hydrogens is 266 g/mol. The summed E-state index contributed by atoms with van der Waals surface area (Å²) in [5.74, 6) is 0. The van der Waals surface area contributed by atoms with E-state index in [1.807, 2.05) is 11.3 Å². The molecule has 0 spiro atoms. The van der Waals surface area contributed by atoms with Crippen molar-refractivity contribution in [3.05, 3.63) is 16.1 Å². The number of aromatic nitrogens is 1. The van der Waals surface area contributed by atoms with Gasteiger partial charge in [0, 0.05) is 29.4 Å². The van der Waals surface area contributed by atoms with Crippen LogP contribution in [0, 0.1) is 0 Å². The predicted molar refractivity (Wildman–Crippen MR) is 87.5 cm³/mol. The number of nitrogens with one attached hydrogen (secondary N) is 1. The van der Waals surface area contributed by atoms with E-state index in [4.69, 9.17) is 4.98 Å². The zero-order valence-electron chi connectivity index (χ0n) is 13.9. The molecule has 0 aromatic carbocycles. The van der Waals surface area contributed by atoms with Gasteiger partial charge in [0.2, 0.25) is 0 Å².